The Morgan fingerprint density at radius 2 is 1.73 bits per heavy atom. The molecule has 1 unspecified atom stereocenters. The van der Waals surface area contributed by atoms with Gasteiger partial charge in [0, 0.05) is 23.7 Å². The van der Waals surface area contributed by atoms with Gasteiger partial charge in [-0.1, -0.05) is 48.5 Å². The molecule has 0 saturated carbocycles. The second kappa shape index (κ2) is 6.21. The summed E-state index contributed by atoms with van der Waals surface area (Å²) in [5.41, 5.74) is 2.21. The van der Waals surface area contributed by atoms with Crippen molar-refractivity contribution >= 4 is 0 Å². The topological polar surface area (TPSA) is 3.24 Å². The highest BCUT2D eigenvalue weighted by Crippen LogP contribution is 2.41. The standard InChI is InChI=1S/C20H24FN/c1-20(2)14-8-13-19(17-11-6-7-12-18(17)21)22(20)15-16-9-4-3-5-10-16/h3-7,9-12,19H,8,13-15H2,1-2H3. The van der Waals surface area contributed by atoms with Crippen LogP contribution >= 0.6 is 0 Å². The Morgan fingerprint density at radius 1 is 1.05 bits per heavy atom. The summed E-state index contributed by atoms with van der Waals surface area (Å²) >= 11 is 0. The van der Waals surface area contributed by atoms with Gasteiger partial charge in [-0.25, -0.2) is 4.39 Å². The fraction of sp³-hybridized carbons (Fsp3) is 0.400. The predicted molar refractivity (Wildman–Crippen MR) is 89.1 cm³/mol. The fourth-order valence-electron chi connectivity index (χ4n) is 3.62. The molecule has 0 amide bonds. The van der Waals surface area contributed by atoms with Crippen LogP contribution in [0, 0.1) is 5.82 Å². The van der Waals surface area contributed by atoms with Gasteiger partial charge in [-0.15, -0.1) is 0 Å². The largest absolute Gasteiger partial charge is 0.287 e. The van der Waals surface area contributed by atoms with Crippen LogP contribution in [-0.4, -0.2) is 10.4 Å². The van der Waals surface area contributed by atoms with Crippen LogP contribution in [0.25, 0.3) is 0 Å². The number of nitrogens with zero attached hydrogens (tertiary/aromatic N) is 1. The molecule has 2 aromatic carbocycles. The Morgan fingerprint density at radius 3 is 2.45 bits per heavy atom. The first kappa shape index (κ1) is 15.2. The highest BCUT2D eigenvalue weighted by Gasteiger charge is 2.37. The van der Waals surface area contributed by atoms with Crippen LogP contribution in [0.15, 0.2) is 54.6 Å². The molecular weight excluding hydrogens is 273 g/mol. The molecular formula is C20H24FN. The maximum Gasteiger partial charge on any atom is 0.127 e. The third-order valence-electron chi connectivity index (χ3n) is 4.88. The van der Waals surface area contributed by atoms with Crippen LogP contribution in [0.4, 0.5) is 4.39 Å². The Hall–Kier alpha value is -1.67. The van der Waals surface area contributed by atoms with E-state index in [4.69, 9.17) is 0 Å². The van der Waals surface area contributed by atoms with Gasteiger partial charge in [0.25, 0.3) is 0 Å². The summed E-state index contributed by atoms with van der Waals surface area (Å²) in [5.74, 6) is -0.0803. The number of benzene rings is 2. The predicted octanol–water partition coefficient (Wildman–Crippen LogP) is 5.33. The maximum atomic E-state index is 14.3. The van der Waals surface area contributed by atoms with Gasteiger partial charge >= 0.3 is 0 Å². The fourth-order valence-corrected chi connectivity index (χ4v) is 3.62. The maximum absolute atomic E-state index is 14.3. The average molecular weight is 297 g/mol. The van der Waals surface area contributed by atoms with Crippen molar-refractivity contribution in [3.8, 4) is 0 Å². The van der Waals surface area contributed by atoms with E-state index in [0.29, 0.717) is 0 Å². The molecule has 2 heteroatoms. The van der Waals surface area contributed by atoms with Gasteiger partial charge in [0.2, 0.25) is 0 Å². The molecule has 22 heavy (non-hydrogen) atoms. The quantitative estimate of drug-likeness (QED) is 0.740. The molecule has 1 aliphatic heterocycles. The van der Waals surface area contributed by atoms with E-state index in [0.717, 1.165) is 31.4 Å². The Labute approximate surface area is 132 Å². The SMILES string of the molecule is CC1(C)CCCC(c2ccccc2F)N1Cc1ccccc1. The van der Waals surface area contributed by atoms with Crippen molar-refractivity contribution in [3.05, 3.63) is 71.5 Å². The van der Waals surface area contributed by atoms with E-state index in [1.807, 2.05) is 18.2 Å². The van der Waals surface area contributed by atoms with Crippen molar-refractivity contribution in [2.75, 3.05) is 0 Å². The van der Waals surface area contributed by atoms with Crippen molar-refractivity contribution in [2.45, 2.75) is 51.2 Å². The Balaban J connectivity index is 1.94. The van der Waals surface area contributed by atoms with Gasteiger partial charge in [-0.2, -0.15) is 0 Å². The summed E-state index contributed by atoms with van der Waals surface area (Å²) in [6, 6.07) is 17.9. The lowest BCUT2D eigenvalue weighted by molar-refractivity contribution is 0.0130. The molecule has 1 aliphatic rings. The molecule has 116 valence electrons. The van der Waals surface area contributed by atoms with Gasteiger partial charge in [0.15, 0.2) is 0 Å². The van der Waals surface area contributed by atoms with E-state index < -0.39 is 0 Å². The highest BCUT2D eigenvalue weighted by atomic mass is 19.1. The van der Waals surface area contributed by atoms with Crippen LogP contribution in [-0.2, 0) is 6.54 Å². The molecule has 1 atom stereocenters. The lowest BCUT2D eigenvalue weighted by Crippen LogP contribution is -2.48. The van der Waals surface area contributed by atoms with Crippen LogP contribution in [0.2, 0.25) is 0 Å². The molecule has 0 aliphatic carbocycles. The molecule has 1 heterocycles. The van der Waals surface area contributed by atoms with E-state index in [1.54, 1.807) is 12.1 Å². The first-order chi connectivity index (χ1) is 10.6. The molecule has 0 aromatic heterocycles. The molecule has 0 N–H and O–H groups in total. The Bertz CT molecular complexity index is 621. The minimum absolute atomic E-state index is 0.0803. The van der Waals surface area contributed by atoms with Crippen molar-refractivity contribution in [1.29, 1.82) is 0 Å². The third-order valence-corrected chi connectivity index (χ3v) is 4.88. The van der Waals surface area contributed by atoms with Crippen LogP contribution in [0.3, 0.4) is 0 Å². The number of piperidine rings is 1. The van der Waals surface area contributed by atoms with Crippen molar-refractivity contribution in [1.82, 2.24) is 4.90 Å². The summed E-state index contributed by atoms with van der Waals surface area (Å²) in [7, 11) is 0. The second-order valence-corrected chi connectivity index (χ2v) is 6.86. The summed E-state index contributed by atoms with van der Waals surface area (Å²) < 4.78 is 14.3. The molecule has 0 spiro atoms. The van der Waals surface area contributed by atoms with Crippen molar-refractivity contribution < 1.29 is 4.39 Å². The van der Waals surface area contributed by atoms with Gasteiger partial charge in [0.1, 0.15) is 5.82 Å². The van der Waals surface area contributed by atoms with E-state index in [1.165, 1.54) is 5.56 Å². The second-order valence-electron chi connectivity index (χ2n) is 6.86. The summed E-state index contributed by atoms with van der Waals surface area (Å²) in [6.45, 7) is 5.43. The van der Waals surface area contributed by atoms with E-state index in [9.17, 15) is 4.39 Å². The van der Waals surface area contributed by atoms with Crippen molar-refractivity contribution in [3.63, 3.8) is 0 Å². The van der Waals surface area contributed by atoms with Gasteiger partial charge < -0.3 is 0 Å². The van der Waals surface area contributed by atoms with Gasteiger partial charge in [-0.05, 0) is 44.7 Å². The van der Waals surface area contributed by atoms with E-state index >= 15 is 0 Å². The number of rotatable bonds is 3. The Kier molecular flexibility index (Phi) is 4.30. The zero-order valence-corrected chi connectivity index (χ0v) is 13.4. The minimum Gasteiger partial charge on any atom is -0.287 e. The molecule has 1 nitrogen and oxygen atoms in total. The number of halogens is 1. The minimum atomic E-state index is -0.0803. The molecule has 1 saturated heterocycles. The van der Waals surface area contributed by atoms with E-state index in [2.05, 4.69) is 43.0 Å². The first-order valence-electron chi connectivity index (χ1n) is 8.13. The molecule has 3 rings (SSSR count). The summed E-state index contributed by atoms with van der Waals surface area (Å²) in [6.07, 6.45) is 3.33. The summed E-state index contributed by atoms with van der Waals surface area (Å²) in [5, 5.41) is 0. The molecule has 0 radical (unpaired) electrons. The van der Waals surface area contributed by atoms with Gasteiger partial charge in [-0.3, -0.25) is 4.90 Å². The normalized spacial score (nSPS) is 21.7. The summed E-state index contributed by atoms with van der Waals surface area (Å²) in [4.78, 5) is 2.48. The zero-order valence-electron chi connectivity index (χ0n) is 13.4. The van der Waals surface area contributed by atoms with E-state index in [-0.39, 0.29) is 17.4 Å². The lowest BCUT2D eigenvalue weighted by atomic mass is 9.83. The first-order valence-corrected chi connectivity index (χ1v) is 8.13. The lowest BCUT2D eigenvalue weighted by Gasteiger charge is -2.48. The number of likely N-dealkylation sites (tertiary alicyclic amines) is 1. The van der Waals surface area contributed by atoms with Gasteiger partial charge in [0.05, 0.1) is 0 Å². The van der Waals surface area contributed by atoms with Crippen molar-refractivity contribution in [2.24, 2.45) is 0 Å². The van der Waals surface area contributed by atoms with Crippen LogP contribution in [0.1, 0.15) is 50.3 Å². The van der Waals surface area contributed by atoms with Crippen LogP contribution < -0.4 is 0 Å². The third kappa shape index (κ3) is 3.07. The average Bonchev–Trinajstić information content (AvgIpc) is 2.51. The monoisotopic (exact) mass is 297 g/mol. The molecule has 2 aromatic rings. The smallest absolute Gasteiger partial charge is 0.127 e. The zero-order chi connectivity index (χ0) is 15.6. The highest BCUT2D eigenvalue weighted by molar-refractivity contribution is 5.24. The molecule has 0 bridgehead atoms. The molecule has 1 fully saturated rings. The number of hydrogen-bond donors (Lipinski definition) is 0. The van der Waals surface area contributed by atoms with Crippen LogP contribution in [0.5, 0.6) is 0 Å². The number of hydrogen-bond acceptors (Lipinski definition) is 1.